The number of rotatable bonds is 4. The van der Waals surface area contributed by atoms with Crippen LogP contribution < -0.4 is 4.72 Å². The third-order valence-corrected chi connectivity index (χ3v) is 6.62. The van der Waals surface area contributed by atoms with Gasteiger partial charge in [0.15, 0.2) is 0 Å². The number of carbonyl (C=O) groups excluding carboxylic acids is 1. The first-order valence-electron chi connectivity index (χ1n) is 8.63. The molecule has 2 aromatic carbocycles. The number of hydrogen-bond donors (Lipinski definition) is 1. The average Bonchev–Trinajstić information content (AvgIpc) is 2.63. The van der Waals surface area contributed by atoms with E-state index < -0.39 is 10.0 Å². The number of sulfonamides is 1. The number of piperidine rings is 1. The molecule has 27 heavy (non-hydrogen) atoms. The van der Waals surface area contributed by atoms with Crippen LogP contribution in [0.25, 0.3) is 0 Å². The minimum Gasteiger partial charge on any atom is -0.339 e. The summed E-state index contributed by atoms with van der Waals surface area (Å²) < 4.78 is 27.6. The van der Waals surface area contributed by atoms with Crippen LogP contribution in [0.1, 0.15) is 30.1 Å². The maximum absolute atomic E-state index is 12.8. The summed E-state index contributed by atoms with van der Waals surface area (Å²) in [5, 5.41) is 0.747. The molecule has 1 saturated heterocycles. The van der Waals surface area contributed by atoms with Gasteiger partial charge in [-0.1, -0.05) is 30.1 Å². The average molecular weight is 427 g/mol. The maximum atomic E-state index is 12.8. The van der Waals surface area contributed by atoms with Crippen LogP contribution in [0, 0.1) is 5.92 Å². The van der Waals surface area contributed by atoms with E-state index in [2.05, 4.69) is 11.6 Å². The van der Waals surface area contributed by atoms with Gasteiger partial charge in [0.2, 0.25) is 0 Å². The predicted molar refractivity (Wildman–Crippen MR) is 108 cm³/mol. The lowest BCUT2D eigenvalue weighted by Gasteiger charge is -2.30. The Morgan fingerprint density at radius 3 is 2.33 bits per heavy atom. The lowest BCUT2D eigenvalue weighted by Crippen LogP contribution is -2.38. The zero-order valence-corrected chi connectivity index (χ0v) is 17.1. The summed E-state index contributed by atoms with van der Waals surface area (Å²) in [6.07, 6.45) is 1.90. The molecule has 3 rings (SSSR count). The van der Waals surface area contributed by atoms with E-state index >= 15 is 0 Å². The molecule has 0 atom stereocenters. The smallest absolute Gasteiger partial charge is 0.261 e. The minimum absolute atomic E-state index is 0.0831. The fourth-order valence-corrected chi connectivity index (χ4v) is 4.34. The van der Waals surface area contributed by atoms with E-state index in [4.69, 9.17) is 23.2 Å². The van der Waals surface area contributed by atoms with Crippen LogP contribution in [0.3, 0.4) is 0 Å². The number of anilines is 1. The fraction of sp³-hybridized carbons (Fsp3) is 0.316. The second-order valence-corrected chi connectivity index (χ2v) is 9.25. The number of nitrogens with zero attached hydrogens (tertiary/aromatic N) is 1. The molecule has 1 heterocycles. The van der Waals surface area contributed by atoms with Gasteiger partial charge >= 0.3 is 0 Å². The zero-order chi connectivity index (χ0) is 19.6. The first-order valence-corrected chi connectivity index (χ1v) is 10.9. The Hall–Kier alpha value is -1.76. The van der Waals surface area contributed by atoms with E-state index in [-0.39, 0.29) is 16.5 Å². The van der Waals surface area contributed by atoms with Crippen LogP contribution in [0.15, 0.2) is 47.4 Å². The topological polar surface area (TPSA) is 66.5 Å². The molecule has 1 amide bonds. The normalized spacial score (nSPS) is 15.6. The Morgan fingerprint density at radius 2 is 1.70 bits per heavy atom. The van der Waals surface area contributed by atoms with Gasteiger partial charge in [0.05, 0.1) is 15.5 Å². The van der Waals surface area contributed by atoms with Gasteiger partial charge in [0, 0.05) is 23.8 Å². The maximum Gasteiger partial charge on any atom is 0.261 e. The molecule has 1 aliphatic rings. The van der Waals surface area contributed by atoms with Crippen molar-refractivity contribution in [2.75, 3.05) is 17.8 Å². The van der Waals surface area contributed by atoms with Gasteiger partial charge in [0.1, 0.15) is 0 Å². The highest BCUT2D eigenvalue weighted by atomic mass is 35.5. The van der Waals surface area contributed by atoms with Crippen LogP contribution in [-0.2, 0) is 10.0 Å². The Kier molecular flexibility index (Phi) is 5.99. The van der Waals surface area contributed by atoms with Gasteiger partial charge in [-0.3, -0.25) is 9.52 Å². The number of hydrogen-bond acceptors (Lipinski definition) is 3. The van der Waals surface area contributed by atoms with Crippen molar-refractivity contribution >= 4 is 44.8 Å². The second kappa shape index (κ2) is 8.09. The van der Waals surface area contributed by atoms with Crippen LogP contribution >= 0.6 is 23.2 Å². The van der Waals surface area contributed by atoms with Gasteiger partial charge in [-0.25, -0.2) is 8.42 Å². The molecule has 2 aromatic rings. The van der Waals surface area contributed by atoms with Crippen LogP contribution in [-0.4, -0.2) is 32.3 Å². The predicted octanol–water partition coefficient (Wildman–Crippen LogP) is 4.67. The van der Waals surface area contributed by atoms with Crippen molar-refractivity contribution in [3.05, 3.63) is 58.1 Å². The number of benzene rings is 2. The molecular weight excluding hydrogens is 407 g/mol. The molecule has 0 aromatic heterocycles. The molecular formula is C19H20Cl2N2O3S. The van der Waals surface area contributed by atoms with Gasteiger partial charge in [0.25, 0.3) is 15.9 Å². The van der Waals surface area contributed by atoms with Crippen molar-refractivity contribution in [2.24, 2.45) is 5.92 Å². The van der Waals surface area contributed by atoms with Crippen LogP contribution in [0.5, 0.6) is 0 Å². The zero-order valence-electron chi connectivity index (χ0n) is 14.8. The van der Waals surface area contributed by atoms with E-state index in [0.29, 0.717) is 34.6 Å². The molecule has 0 radical (unpaired) electrons. The molecule has 0 unspecified atom stereocenters. The monoisotopic (exact) mass is 426 g/mol. The summed E-state index contributed by atoms with van der Waals surface area (Å²) in [5.74, 6) is 0.418. The lowest BCUT2D eigenvalue weighted by atomic mass is 9.98. The molecule has 8 heteroatoms. The van der Waals surface area contributed by atoms with Crippen molar-refractivity contribution in [2.45, 2.75) is 24.7 Å². The first-order chi connectivity index (χ1) is 12.8. The van der Waals surface area contributed by atoms with E-state index in [0.717, 1.165) is 12.8 Å². The SMILES string of the molecule is CC1CCN(C(=O)c2cc(NS(=O)(=O)c3ccc(Cl)cc3)ccc2Cl)CC1. The van der Waals surface area contributed by atoms with Crippen molar-refractivity contribution in [1.82, 2.24) is 4.90 Å². The van der Waals surface area contributed by atoms with Crippen LogP contribution in [0.2, 0.25) is 10.0 Å². The molecule has 0 saturated carbocycles. The summed E-state index contributed by atoms with van der Waals surface area (Å²) in [6, 6.07) is 10.4. The van der Waals surface area contributed by atoms with Gasteiger partial charge in [-0.15, -0.1) is 0 Å². The highest BCUT2D eigenvalue weighted by molar-refractivity contribution is 7.92. The molecule has 0 bridgehead atoms. The number of amides is 1. The number of nitrogens with one attached hydrogen (secondary N) is 1. The summed E-state index contributed by atoms with van der Waals surface area (Å²) in [7, 11) is -3.79. The van der Waals surface area contributed by atoms with Crippen molar-refractivity contribution in [3.63, 3.8) is 0 Å². The highest BCUT2D eigenvalue weighted by Gasteiger charge is 2.24. The van der Waals surface area contributed by atoms with Gasteiger partial charge < -0.3 is 4.90 Å². The van der Waals surface area contributed by atoms with Crippen molar-refractivity contribution in [1.29, 1.82) is 0 Å². The van der Waals surface area contributed by atoms with Gasteiger partial charge in [-0.2, -0.15) is 0 Å². The molecule has 0 aliphatic carbocycles. The number of carbonyl (C=O) groups is 1. The molecule has 0 spiro atoms. The number of likely N-dealkylation sites (tertiary alicyclic amines) is 1. The van der Waals surface area contributed by atoms with Crippen molar-refractivity contribution < 1.29 is 13.2 Å². The largest absolute Gasteiger partial charge is 0.339 e. The summed E-state index contributed by atoms with van der Waals surface area (Å²) in [6.45, 7) is 3.52. The highest BCUT2D eigenvalue weighted by Crippen LogP contribution is 2.26. The number of halogens is 2. The fourth-order valence-electron chi connectivity index (χ4n) is 2.96. The molecule has 1 aliphatic heterocycles. The van der Waals surface area contributed by atoms with E-state index in [1.54, 1.807) is 4.90 Å². The first kappa shape index (κ1) is 20.0. The minimum atomic E-state index is -3.79. The Bertz CT molecular complexity index is 938. The summed E-state index contributed by atoms with van der Waals surface area (Å²) >= 11 is 12.0. The Morgan fingerprint density at radius 1 is 1.07 bits per heavy atom. The van der Waals surface area contributed by atoms with E-state index in [1.807, 2.05) is 0 Å². The molecule has 5 nitrogen and oxygen atoms in total. The third-order valence-electron chi connectivity index (χ3n) is 4.64. The van der Waals surface area contributed by atoms with Gasteiger partial charge in [-0.05, 0) is 61.2 Å². The molecule has 1 N–H and O–H groups in total. The third kappa shape index (κ3) is 4.75. The summed E-state index contributed by atoms with van der Waals surface area (Å²) in [4.78, 5) is 14.6. The second-order valence-electron chi connectivity index (χ2n) is 6.73. The molecule has 1 fully saturated rings. The Balaban J connectivity index is 1.82. The van der Waals surface area contributed by atoms with E-state index in [9.17, 15) is 13.2 Å². The van der Waals surface area contributed by atoms with Crippen LogP contribution in [0.4, 0.5) is 5.69 Å². The lowest BCUT2D eigenvalue weighted by molar-refractivity contribution is 0.0697. The van der Waals surface area contributed by atoms with Crippen molar-refractivity contribution in [3.8, 4) is 0 Å². The quantitative estimate of drug-likeness (QED) is 0.772. The molecule has 144 valence electrons. The van der Waals surface area contributed by atoms with E-state index in [1.165, 1.54) is 42.5 Å². The summed E-state index contributed by atoms with van der Waals surface area (Å²) in [5.41, 5.74) is 0.575. The Labute approximate surface area is 169 Å². The standard InChI is InChI=1S/C19H20Cl2N2O3S/c1-13-8-10-23(11-9-13)19(24)17-12-15(4-7-18(17)21)22-27(25,26)16-5-2-14(20)3-6-16/h2-7,12-13,22H,8-11H2,1H3.